The van der Waals surface area contributed by atoms with Crippen molar-refractivity contribution >= 4 is 28.3 Å². The molecular weight excluding hydrogens is 676 g/mol. The Balaban J connectivity index is 1.46. The number of rotatable bonds is 9. The van der Waals surface area contributed by atoms with Crippen molar-refractivity contribution in [1.29, 1.82) is 5.26 Å². The molecule has 9 nitrogen and oxygen atoms in total. The van der Waals surface area contributed by atoms with Gasteiger partial charge in [-0.2, -0.15) is 18.4 Å². The average molecular weight is 711 g/mol. The molecule has 5 N–H and O–H groups in total. The van der Waals surface area contributed by atoms with Gasteiger partial charge in [-0.3, -0.25) is 18.7 Å². The van der Waals surface area contributed by atoms with Gasteiger partial charge in [0.15, 0.2) is 0 Å². The molecule has 1 atom stereocenters. The Morgan fingerprint density at radius 1 is 0.940 bits per heavy atom. The number of anilines is 1. The highest BCUT2D eigenvalue weighted by molar-refractivity contribution is 8.22. The second-order valence-corrected chi connectivity index (χ2v) is 14.0. The predicted octanol–water partition coefficient (Wildman–Crippen LogP) is 7.09. The van der Waals surface area contributed by atoms with Crippen molar-refractivity contribution in [3.8, 4) is 17.2 Å². The minimum absolute atomic E-state index is 0.0291. The third-order valence-corrected chi connectivity index (χ3v) is 10.8. The molecule has 14 heteroatoms. The third kappa shape index (κ3) is 7.83. The quantitative estimate of drug-likeness (QED) is 0.117. The molecule has 262 valence electrons. The number of halogens is 4. The number of carbonyl (C=O) groups is 2. The van der Waals surface area contributed by atoms with Crippen molar-refractivity contribution in [2.24, 2.45) is 5.92 Å². The topological polar surface area (TPSA) is 146 Å². The summed E-state index contributed by atoms with van der Waals surface area (Å²) < 4.78 is 78.1. The molecule has 0 bridgehead atoms. The summed E-state index contributed by atoms with van der Waals surface area (Å²) in [6.45, 7) is 0.0583. The second-order valence-electron chi connectivity index (χ2n) is 12.0. The van der Waals surface area contributed by atoms with Crippen LogP contribution in [0, 0.1) is 23.1 Å². The molecule has 1 unspecified atom stereocenters. The molecule has 5 rings (SSSR count). The maximum absolute atomic E-state index is 14.0. The Bertz CT molecular complexity index is 1930. The van der Waals surface area contributed by atoms with E-state index < -0.39 is 51.3 Å². The molecule has 1 saturated heterocycles. The number of hydrogen-bond donors (Lipinski definition) is 5. The molecule has 1 aliphatic rings. The van der Waals surface area contributed by atoms with Gasteiger partial charge in [0.25, 0.3) is 11.8 Å². The molecule has 0 aliphatic carbocycles. The number of nitrogens with one attached hydrogen (secondary N) is 2. The smallest absolute Gasteiger partial charge is 0.379 e. The molecule has 1 heterocycles. The third-order valence-electron chi connectivity index (χ3n) is 8.80. The van der Waals surface area contributed by atoms with E-state index in [0.29, 0.717) is 28.3 Å². The zero-order valence-electron chi connectivity index (χ0n) is 26.7. The van der Waals surface area contributed by atoms with E-state index in [1.54, 1.807) is 48.5 Å². The van der Waals surface area contributed by atoms with Crippen molar-refractivity contribution in [3.05, 3.63) is 119 Å². The van der Waals surface area contributed by atoms with Crippen LogP contribution in [0.2, 0.25) is 0 Å². The number of amides is 2. The van der Waals surface area contributed by atoms with Gasteiger partial charge in [-0.05, 0) is 90.0 Å². The zero-order chi connectivity index (χ0) is 36.3. The lowest BCUT2D eigenvalue weighted by molar-refractivity contribution is -0.142. The van der Waals surface area contributed by atoms with Gasteiger partial charge in [0.05, 0.1) is 22.1 Å². The Hall–Kier alpha value is -4.78. The minimum Gasteiger partial charge on any atom is -0.379 e. The number of nitrogens with zero attached hydrogens (tertiary/aromatic N) is 2. The summed E-state index contributed by atoms with van der Waals surface area (Å²) >= 11 is 0. The van der Waals surface area contributed by atoms with E-state index >= 15 is 0 Å². The van der Waals surface area contributed by atoms with Gasteiger partial charge in [0, 0.05) is 37.8 Å². The van der Waals surface area contributed by atoms with E-state index in [0.717, 1.165) is 24.3 Å². The van der Waals surface area contributed by atoms with Crippen molar-refractivity contribution in [2.75, 3.05) is 25.5 Å². The predicted molar refractivity (Wildman–Crippen MR) is 181 cm³/mol. The van der Waals surface area contributed by atoms with E-state index in [2.05, 4.69) is 10.6 Å². The normalized spacial score (nSPS) is 15.8. The highest BCUT2D eigenvalue weighted by Crippen LogP contribution is 2.53. The summed E-state index contributed by atoms with van der Waals surface area (Å²) in [4.78, 5) is 26.3. The fourth-order valence-corrected chi connectivity index (χ4v) is 7.63. The molecule has 50 heavy (non-hydrogen) atoms. The van der Waals surface area contributed by atoms with E-state index in [4.69, 9.17) is 0 Å². The number of hydrogen-bond acceptors (Lipinski definition) is 7. The summed E-state index contributed by atoms with van der Waals surface area (Å²) in [7, 11) is -2.01. The fraction of sp³-hybridized carbons (Fsp3) is 0.250. The van der Waals surface area contributed by atoms with Gasteiger partial charge in [-0.25, -0.2) is 8.70 Å². The van der Waals surface area contributed by atoms with E-state index in [1.165, 1.54) is 29.6 Å². The highest BCUT2D eigenvalue weighted by atomic mass is 32.3. The number of alkyl halides is 3. The standard InChI is InChI=1S/C36H34F4N4O5S/c1-42-33(45)26-7-3-6-25(19-26)24-5-2-4-23(18-24)21-35(47,34(46)43-30-11-8-27(22-41)32(20-30)36(38,39)40)28-14-16-44(17-15-28)50(48,49)31-12-9-29(37)10-13-31/h2-13,18-20,28,47-49H,14-17,21H2,1H3,(H,42,45)(H,43,46). The first-order valence-corrected chi connectivity index (χ1v) is 17.0. The van der Waals surface area contributed by atoms with Gasteiger partial charge in [-0.15, -0.1) is 10.8 Å². The Kier molecular flexibility index (Phi) is 10.7. The van der Waals surface area contributed by atoms with E-state index in [1.807, 2.05) is 0 Å². The van der Waals surface area contributed by atoms with Crippen LogP contribution < -0.4 is 10.6 Å². The summed E-state index contributed by atoms with van der Waals surface area (Å²) in [6, 6.07) is 22.8. The minimum atomic E-state index is -4.88. The first kappa shape index (κ1) is 36.5. The van der Waals surface area contributed by atoms with Gasteiger partial charge >= 0.3 is 6.18 Å². The summed E-state index contributed by atoms with van der Waals surface area (Å²) in [5.41, 5.74) is -2.03. The van der Waals surface area contributed by atoms with Crippen LogP contribution in [0.15, 0.2) is 95.9 Å². The lowest BCUT2D eigenvalue weighted by Gasteiger charge is -2.48. The van der Waals surface area contributed by atoms with Crippen LogP contribution in [0.1, 0.15) is 39.9 Å². The van der Waals surface area contributed by atoms with Gasteiger partial charge < -0.3 is 15.7 Å². The molecular formula is C36H34F4N4O5S. The van der Waals surface area contributed by atoms with Crippen molar-refractivity contribution in [2.45, 2.75) is 35.9 Å². The molecule has 0 radical (unpaired) electrons. The first-order valence-electron chi connectivity index (χ1n) is 15.5. The van der Waals surface area contributed by atoms with Gasteiger partial charge in [0.2, 0.25) is 0 Å². The molecule has 0 saturated carbocycles. The number of aliphatic hydroxyl groups is 1. The Labute approximate surface area is 287 Å². The highest BCUT2D eigenvalue weighted by Gasteiger charge is 2.46. The summed E-state index contributed by atoms with van der Waals surface area (Å²) in [5.74, 6) is -2.60. The van der Waals surface area contributed by atoms with Crippen LogP contribution in [0.5, 0.6) is 0 Å². The van der Waals surface area contributed by atoms with E-state index in [9.17, 15) is 46.6 Å². The maximum atomic E-state index is 14.0. The van der Waals surface area contributed by atoms with Crippen LogP contribution in [-0.2, 0) is 17.4 Å². The van der Waals surface area contributed by atoms with Gasteiger partial charge in [0.1, 0.15) is 11.4 Å². The largest absolute Gasteiger partial charge is 0.417 e. The number of piperidine rings is 1. The van der Waals surface area contributed by atoms with Crippen LogP contribution >= 0.6 is 10.8 Å². The second kappa shape index (κ2) is 14.6. The van der Waals surface area contributed by atoms with Crippen LogP contribution in [0.4, 0.5) is 23.2 Å². The van der Waals surface area contributed by atoms with Crippen LogP contribution in [-0.4, -0.2) is 56.1 Å². The number of benzene rings is 4. The SMILES string of the molecule is CNC(=O)c1cccc(-c2cccc(CC(O)(C(=O)Nc3ccc(C#N)c(C(F)(F)F)c3)C3CCN(S(O)(O)c4ccc(F)cc4)CC3)c2)c1. The lowest BCUT2D eigenvalue weighted by atomic mass is 9.76. The molecule has 4 aromatic rings. The number of carbonyl (C=O) groups excluding carboxylic acids is 2. The Morgan fingerprint density at radius 3 is 2.20 bits per heavy atom. The summed E-state index contributed by atoms with van der Waals surface area (Å²) in [5, 5.41) is 26.5. The average Bonchev–Trinajstić information content (AvgIpc) is 3.11. The van der Waals surface area contributed by atoms with Crippen molar-refractivity contribution in [3.63, 3.8) is 0 Å². The molecule has 4 aromatic carbocycles. The summed E-state index contributed by atoms with van der Waals surface area (Å²) in [6.07, 6.45) is -4.95. The first-order chi connectivity index (χ1) is 23.6. The molecule has 0 aromatic heterocycles. The lowest BCUT2D eigenvalue weighted by Crippen LogP contribution is -2.54. The zero-order valence-corrected chi connectivity index (χ0v) is 27.6. The van der Waals surface area contributed by atoms with Crippen molar-refractivity contribution < 1.29 is 41.4 Å². The molecule has 1 fully saturated rings. The molecule has 1 aliphatic heterocycles. The maximum Gasteiger partial charge on any atom is 0.417 e. The van der Waals surface area contributed by atoms with Crippen molar-refractivity contribution in [1.82, 2.24) is 9.62 Å². The van der Waals surface area contributed by atoms with Gasteiger partial charge in [-0.1, -0.05) is 36.4 Å². The number of nitriles is 1. The molecule has 2 amide bonds. The van der Waals surface area contributed by atoms with E-state index in [-0.39, 0.29) is 48.8 Å². The van der Waals surface area contributed by atoms with Crippen LogP contribution in [0.3, 0.4) is 0 Å². The molecule has 0 spiro atoms. The Morgan fingerprint density at radius 2 is 1.58 bits per heavy atom. The fourth-order valence-electron chi connectivity index (χ4n) is 6.11. The monoisotopic (exact) mass is 710 g/mol. The van der Waals surface area contributed by atoms with Crippen LogP contribution in [0.25, 0.3) is 11.1 Å².